The van der Waals surface area contributed by atoms with Crippen molar-refractivity contribution in [1.82, 2.24) is 9.80 Å². The second-order valence-corrected chi connectivity index (χ2v) is 8.35. The van der Waals surface area contributed by atoms with Gasteiger partial charge in [0.25, 0.3) is 23.6 Å². The van der Waals surface area contributed by atoms with Crippen LogP contribution in [0.3, 0.4) is 0 Å². The van der Waals surface area contributed by atoms with E-state index in [9.17, 15) is 29.4 Å². The first-order valence-electron chi connectivity index (χ1n) is 10.9. The highest BCUT2D eigenvalue weighted by atomic mass is 16.5. The third kappa shape index (κ3) is 8.91. The fraction of sp³-hybridized carbons (Fsp3) is 0.565. The molecule has 2 heterocycles. The summed E-state index contributed by atoms with van der Waals surface area (Å²) in [6.07, 6.45) is 2.91. The summed E-state index contributed by atoms with van der Waals surface area (Å²) in [6, 6.07) is 0. The molecule has 0 bridgehead atoms. The van der Waals surface area contributed by atoms with Crippen LogP contribution in [0.4, 0.5) is 0 Å². The molecule has 192 valence electrons. The highest BCUT2D eigenvalue weighted by Crippen LogP contribution is 2.21. The minimum Gasteiger partial charge on any atom is -0.391 e. The Bertz CT molecular complexity index is 710. The van der Waals surface area contributed by atoms with Gasteiger partial charge < -0.3 is 29.2 Å². The van der Waals surface area contributed by atoms with Crippen LogP contribution in [0.15, 0.2) is 24.3 Å². The van der Waals surface area contributed by atoms with Crippen LogP contribution < -0.4 is 0 Å². The Kier molecular flexibility index (Phi) is 11.6. The van der Waals surface area contributed by atoms with Crippen molar-refractivity contribution in [3.8, 4) is 0 Å². The predicted octanol–water partition coefficient (Wildman–Crippen LogP) is -1.27. The summed E-state index contributed by atoms with van der Waals surface area (Å²) in [4.78, 5) is 48.1. The molecular formula is C23H30N2O10. The Balaban J connectivity index is 1.73. The van der Waals surface area contributed by atoms with Crippen molar-refractivity contribution < 1.29 is 48.3 Å². The largest absolute Gasteiger partial charge is 0.391 e. The summed E-state index contributed by atoms with van der Waals surface area (Å²) in [5.74, 6) is -1.92. The van der Waals surface area contributed by atoms with E-state index in [1.54, 1.807) is 0 Å². The molecule has 4 amide bonds. The molecule has 0 saturated heterocycles. The van der Waals surface area contributed by atoms with Crippen molar-refractivity contribution in [2.75, 3.05) is 52.7 Å². The lowest BCUT2D eigenvalue weighted by molar-refractivity contribution is -0.140. The van der Waals surface area contributed by atoms with Crippen molar-refractivity contribution in [2.45, 2.75) is 25.0 Å². The zero-order valence-corrected chi connectivity index (χ0v) is 19.2. The number of ether oxygens (including phenoxy) is 4. The molecule has 2 aliphatic heterocycles. The first-order valence-corrected chi connectivity index (χ1v) is 10.9. The number of rotatable bonds is 18. The maximum Gasteiger partial charge on any atom is 0.253 e. The summed E-state index contributed by atoms with van der Waals surface area (Å²) < 4.78 is 20.8. The van der Waals surface area contributed by atoms with Crippen LogP contribution in [0.25, 0.3) is 0 Å². The van der Waals surface area contributed by atoms with Gasteiger partial charge in [-0.05, 0) is 12.8 Å². The van der Waals surface area contributed by atoms with E-state index in [1.165, 1.54) is 0 Å². The normalized spacial score (nSPS) is 17.8. The van der Waals surface area contributed by atoms with Crippen molar-refractivity contribution in [1.29, 1.82) is 0 Å². The Morgan fingerprint density at radius 3 is 1.34 bits per heavy atom. The van der Waals surface area contributed by atoms with E-state index in [0.717, 1.165) is 34.1 Å². The Labute approximate surface area is 204 Å². The smallest absolute Gasteiger partial charge is 0.253 e. The van der Waals surface area contributed by atoms with E-state index >= 15 is 0 Å². The highest BCUT2D eigenvalue weighted by Gasteiger charge is 2.33. The SMILES string of the molecule is [CH]OCC(CO[CH])(COCCC(O)CN1C(=O)C=CC1=O)COCCC(O)CN1C(=O)C=CC1=O. The average molecular weight is 494 g/mol. The lowest BCUT2D eigenvalue weighted by atomic mass is 9.92. The fourth-order valence-electron chi connectivity index (χ4n) is 3.45. The zero-order chi connectivity index (χ0) is 25.8. The van der Waals surface area contributed by atoms with Gasteiger partial charge in [0, 0.05) is 37.5 Å². The van der Waals surface area contributed by atoms with E-state index < -0.39 is 41.3 Å². The molecule has 4 radical (unpaired) electrons. The van der Waals surface area contributed by atoms with Crippen LogP contribution in [0, 0.1) is 19.6 Å². The summed E-state index contributed by atoms with van der Waals surface area (Å²) in [7, 11) is 10.5. The molecule has 0 fully saturated rings. The molecule has 0 saturated carbocycles. The third-order valence-electron chi connectivity index (χ3n) is 5.37. The van der Waals surface area contributed by atoms with Gasteiger partial charge in [0.05, 0.1) is 57.1 Å². The first-order chi connectivity index (χ1) is 16.7. The molecule has 0 spiro atoms. The second kappa shape index (κ2) is 14.2. The fourth-order valence-corrected chi connectivity index (χ4v) is 3.45. The maximum absolute atomic E-state index is 11.6. The van der Waals surface area contributed by atoms with Crippen molar-refractivity contribution in [3.05, 3.63) is 38.5 Å². The predicted molar refractivity (Wildman–Crippen MR) is 118 cm³/mol. The van der Waals surface area contributed by atoms with Crippen LogP contribution in [-0.4, -0.2) is 109 Å². The van der Waals surface area contributed by atoms with Gasteiger partial charge in [-0.2, -0.15) is 0 Å². The van der Waals surface area contributed by atoms with E-state index in [2.05, 4.69) is 0 Å². The van der Waals surface area contributed by atoms with Crippen molar-refractivity contribution in [3.63, 3.8) is 0 Å². The molecule has 0 aliphatic carbocycles. The Morgan fingerprint density at radius 2 is 1.03 bits per heavy atom. The molecule has 12 nitrogen and oxygen atoms in total. The number of aliphatic hydroxyl groups is 2. The van der Waals surface area contributed by atoms with Crippen LogP contribution in [0.2, 0.25) is 0 Å². The Morgan fingerprint density at radius 1 is 0.686 bits per heavy atom. The lowest BCUT2D eigenvalue weighted by Gasteiger charge is -2.32. The summed E-state index contributed by atoms with van der Waals surface area (Å²) in [6.45, 7) is -0.135. The van der Waals surface area contributed by atoms with Gasteiger partial charge in [-0.25, -0.2) is 0 Å². The van der Waals surface area contributed by atoms with E-state index in [4.69, 9.17) is 33.2 Å². The third-order valence-corrected chi connectivity index (χ3v) is 5.37. The first kappa shape index (κ1) is 28.8. The standard InChI is InChI=1S/C23H30N2O10/c1-32-13-23(14-33-2,15-34-9-7-17(26)11-24-19(28)3-4-20(24)29)16-35-10-8-18(27)12-25-21(30)5-6-22(25)31/h1-6,17-18,26-27H,7-16H2. The van der Waals surface area contributed by atoms with Crippen LogP contribution in [0.5, 0.6) is 0 Å². The van der Waals surface area contributed by atoms with Gasteiger partial charge >= 0.3 is 0 Å². The minimum absolute atomic E-state index is 0.0300. The molecule has 2 atom stereocenters. The molecule has 2 rings (SSSR count). The second-order valence-electron chi connectivity index (χ2n) is 8.35. The average Bonchev–Trinajstić information content (AvgIpc) is 3.30. The number of carbonyl (C=O) groups excluding carboxylic acids is 4. The summed E-state index contributed by atoms with van der Waals surface area (Å²) in [5, 5.41) is 20.2. The van der Waals surface area contributed by atoms with Gasteiger partial charge in [-0.1, -0.05) is 0 Å². The van der Waals surface area contributed by atoms with Crippen molar-refractivity contribution in [2.24, 2.45) is 5.41 Å². The Hall–Kier alpha value is -2.48. The quantitative estimate of drug-likeness (QED) is 0.174. The highest BCUT2D eigenvalue weighted by molar-refractivity contribution is 6.13. The van der Waals surface area contributed by atoms with Gasteiger partial charge in [-0.15, -0.1) is 0 Å². The minimum atomic E-state index is -0.976. The topological polar surface area (TPSA) is 152 Å². The summed E-state index contributed by atoms with van der Waals surface area (Å²) >= 11 is 0. The van der Waals surface area contributed by atoms with Crippen molar-refractivity contribution >= 4 is 23.6 Å². The zero-order valence-electron chi connectivity index (χ0n) is 19.2. The molecule has 0 aromatic rings. The van der Waals surface area contributed by atoms with E-state index in [0.29, 0.717) is 0 Å². The molecule has 0 aromatic carbocycles. The molecule has 35 heavy (non-hydrogen) atoms. The van der Waals surface area contributed by atoms with Gasteiger partial charge in [-0.3, -0.25) is 29.0 Å². The van der Waals surface area contributed by atoms with E-state index in [-0.39, 0.29) is 65.6 Å². The van der Waals surface area contributed by atoms with Gasteiger partial charge in [0.15, 0.2) is 0 Å². The van der Waals surface area contributed by atoms with Gasteiger partial charge in [0.2, 0.25) is 0 Å². The van der Waals surface area contributed by atoms with Crippen LogP contribution in [-0.2, 0) is 38.1 Å². The van der Waals surface area contributed by atoms with Crippen LogP contribution >= 0.6 is 0 Å². The van der Waals surface area contributed by atoms with Gasteiger partial charge in [0.1, 0.15) is 14.2 Å². The number of nitrogens with zero attached hydrogens (tertiary/aromatic N) is 2. The number of β-amino-alcohol motifs (C(OH)–C–C–N with tert-alkyl or cyclic N) is 2. The van der Waals surface area contributed by atoms with Crippen LogP contribution in [0.1, 0.15) is 12.8 Å². The number of aliphatic hydroxyl groups excluding tert-OH is 2. The van der Waals surface area contributed by atoms with E-state index in [1.807, 2.05) is 0 Å². The number of hydrogen-bond donors (Lipinski definition) is 2. The lowest BCUT2D eigenvalue weighted by Crippen LogP contribution is -2.42. The molecule has 2 N–H and O–H groups in total. The number of imide groups is 2. The molecule has 0 aromatic heterocycles. The summed E-state index contributed by atoms with van der Waals surface area (Å²) in [5.41, 5.74) is -0.908. The maximum atomic E-state index is 11.6. The number of carbonyl (C=O) groups is 4. The monoisotopic (exact) mass is 494 g/mol. The molecule has 2 aliphatic rings. The molecule has 12 heteroatoms. The molecular weight excluding hydrogens is 464 g/mol. The molecule has 2 unspecified atom stereocenters. The number of hydrogen-bond acceptors (Lipinski definition) is 10. The number of amides is 4.